The molecule has 0 radical (unpaired) electrons. The highest BCUT2D eigenvalue weighted by Crippen LogP contribution is 2.23. The van der Waals surface area contributed by atoms with Crippen LogP contribution < -0.4 is 5.73 Å². The predicted octanol–water partition coefficient (Wildman–Crippen LogP) is 3.39. The highest BCUT2D eigenvalue weighted by Gasteiger charge is 2.12. The molecule has 0 aliphatic carbocycles. The zero-order valence-corrected chi connectivity index (χ0v) is 16.4. The van der Waals surface area contributed by atoms with E-state index in [1.807, 2.05) is 0 Å². The Morgan fingerprint density at radius 3 is 2.63 bits per heavy atom. The van der Waals surface area contributed by atoms with Gasteiger partial charge in [-0.15, -0.1) is 0 Å². The first-order valence-corrected chi connectivity index (χ1v) is 10.1. The largest absolute Gasteiger partial charge is 0.483 e. The zero-order valence-electron chi connectivity index (χ0n) is 16.4. The monoisotopic (exact) mass is 375 g/mol. The van der Waals surface area contributed by atoms with Crippen LogP contribution in [0.3, 0.4) is 0 Å². The summed E-state index contributed by atoms with van der Waals surface area (Å²) in [5, 5.41) is 6.89. The SMILES string of the molecule is CCCCc1nc(N)c2[nH]cc(CCCCCN3CCCC3)c2n1.O=CO. The number of H-pyrrole nitrogens is 1. The van der Waals surface area contributed by atoms with Crippen LogP contribution in [0, 0.1) is 0 Å². The molecule has 1 aliphatic heterocycles. The number of fused-ring (bicyclic) bond motifs is 1. The Balaban J connectivity index is 0.000000817. The van der Waals surface area contributed by atoms with E-state index in [4.69, 9.17) is 20.6 Å². The summed E-state index contributed by atoms with van der Waals surface area (Å²) >= 11 is 0. The van der Waals surface area contributed by atoms with Crippen molar-refractivity contribution in [2.75, 3.05) is 25.4 Å². The number of aromatic amines is 1. The van der Waals surface area contributed by atoms with Crippen LogP contribution in [0.1, 0.15) is 63.3 Å². The van der Waals surface area contributed by atoms with Crippen LogP contribution in [-0.4, -0.2) is 51.1 Å². The minimum Gasteiger partial charge on any atom is -0.483 e. The van der Waals surface area contributed by atoms with Crippen LogP contribution in [0.15, 0.2) is 6.20 Å². The van der Waals surface area contributed by atoms with Crippen LogP contribution in [0.4, 0.5) is 5.82 Å². The number of nitrogens with two attached hydrogens (primary N) is 1. The third-order valence-electron chi connectivity index (χ3n) is 5.05. The molecular formula is C20H33N5O2. The first-order chi connectivity index (χ1) is 13.2. The second kappa shape index (κ2) is 11.5. The highest BCUT2D eigenvalue weighted by atomic mass is 16.3. The lowest BCUT2D eigenvalue weighted by atomic mass is 10.1. The summed E-state index contributed by atoms with van der Waals surface area (Å²) in [5.74, 6) is 1.48. The minimum absolute atomic E-state index is 0.250. The van der Waals surface area contributed by atoms with Gasteiger partial charge >= 0.3 is 0 Å². The first-order valence-electron chi connectivity index (χ1n) is 10.1. The van der Waals surface area contributed by atoms with Crippen molar-refractivity contribution in [3.63, 3.8) is 0 Å². The summed E-state index contributed by atoms with van der Waals surface area (Å²) in [7, 11) is 0. The van der Waals surface area contributed by atoms with Gasteiger partial charge in [-0.1, -0.05) is 19.8 Å². The average molecular weight is 376 g/mol. The maximum Gasteiger partial charge on any atom is 0.290 e. The number of rotatable bonds is 9. The molecule has 1 aliphatic rings. The Morgan fingerprint density at radius 1 is 1.19 bits per heavy atom. The second-order valence-electron chi connectivity index (χ2n) is 7.13. The first kappa shape index (κ1) is 21.2. The fourth-order valence-electron chi connectivity index (χ4n) is 3.60. The molecule has 0 unspecified atom stereocenters. The summed E-state index contributed by atoms with van der Waals surface area (Å²) in [4.78, 5) is 23.4. The van der Waals surface area contributed by atoms with Gasteiger partial charge in [0.2, 0.25) is 0 Å². The molecule has 150 valence electrons. The van der Waals surface area contributed by atoms with Gasteiger partial charge in [-0.3, -0.25) is 4.79 Å². The van der Waals surface area contributed by atoms with Crippen molar-refractivity contribution >= 4 is 23.3 Å². The predicted molar refractivity (Wildman–Crippen MR) is 109 cm³/mol. The van der Waals surface area contributed by atoms with Crippen LogP contribution in [0.5, 0.6) is 0 Å². The quantitative estimate of drug-likeness (QED) is 0.458. The van der Waals surface area contributed by atoms with Gasteiger partial charge in [-0.2, -0.15) is 0 Å². The van der Waals surface area contributed by atoms with Gasteiger partial charge in [-0.25, -0.2) is 9.97 Å². The number of hydrogen-bond donors (Lipinski definition) is 3. The van der Waals surface area contributed by atoms with Crippen molar-refractivity contribution in [3.8, 4) is 0 Å². The molecule has 2 aromatic heterocycles. The molecule has 3 heterocycles. The number of unbranched alkanes of at least 4 members (excludes halogenated alkanes) is 3. The van der Waals surface area contributed by atoms with Crippen molar-refractivity contribution < 1.29 is 9.90 Å². The number of nitrogens with one attached hydrogen (secondary N) is 1. The van der Waals surface area contributed by atoms with E-state index in [0.717, 1.165) is 42.5 Å². The summed E-state index contributed by atoms with van der Waals surface area (Å²) in [6, 6.07) is 0. The molecule has 0 spiro atoms. The van der Waals surface area contributed by atoms with E-state index in [2.05, 4.69) is 28.0 Å². The van der Waals surface area contributed by atoms with Gasteiger partial charge in [0.05, 0.1) is 5.52 Å². The molecule has 0 amide bonds. The number of likely N-dealkylation sites (tertiary alicyclic amines) is 1. The van der Waals surface area contributed by atoms with E-state index in [-0.39, 0.29) is 6.47 Å². The summed E-state index contributed by atoms with van der Waals surface area (Å²) in [5.41, 5.74) is 9.33. The highest BCUT2D eigenvalue weighted by molar-refractivity contribution is 5.87. The average Bonchev–Trinajstić information content (AvgIpc) is 3.31. The van der Waals surface area contributed by atoms with Crippen LogP contribution in [0.2, 0.25) is 0 Å². The van der Waals surface area contributed by atoms with Gasteiger partial charge in [0.25, 0.3) is 6.47 Å². The molecule has 7 nitrogen and oxygen atoms in total. The maximum atomic E-state index is 8.36. The molecule has 2 aromatic rings. The number of nitrogens with zero attached hydrogens (tertiary/aromatic N) is 3. The maximum absolute atomic E-state index is 8.36. The third kappa shape index (κ3) is 6.50. The zero-order chi connectivity index (χ0) is 19.5. The van der Waals surface area contributed by atoms with Gasteiger partial charge in [-0.05, 0) is 63.7 Å². The van der Waals surface area contributed by atoms with Crippen LogP contribution in [-0.2, 0) is 17.6 Å². The number of anilines is 1. The van der Waals surface area contributed by atoms with Crippen LogP contribution >= 0.6 is 0 Å². The lowest BCUT2D eigenvalue weighted by Crippen LogP contribution is -2.20. The Kier molecular flexibility index (Phi) is 9.04. The molecule has 7 heteroatoms. The van der Waals surface area contributed by atoms with E-state index in [1.165, 1.54) is 57.3 Å². The van der Waals surface area contributed by atoms with Gasteiger partial charge in [0.15, 0.2) is 5.82 Å². The lowest BCUT2D eigenvalue weighted by molar-refractivity contribution is -0.122. The molecule has 27 heavy (non-hydrogen) atoms. The summed E-state index contributed by atoms with van der Waals surface area (Å²) in [6.07, 6.45) is 12.9. The number of aromatic nitrogens is 3. The summed E-state index contributed by atoms with van der Waals surface area (Å²) < 4.78 is 0. The number of hydrogen-bond acceptors (Lipinski definition) is 5. The Labute approximate surface area is 161 Å². The Morgan fingerprint density at radius 2 is 1.93 bits per heavy atom. The van der Waals surface area contributed by atoms with E-state index in [1.54, 1.807) is 0 Å². The standard InChI is InChI=1S/C19H31N5.CH2O2/c1-2-3-10-16-22-17-15(14-21-18(17)19(20)23-16)9-5-4-6-11-24-12-7-8-13-24;2-1-3/h14,21H,2-13H2,1H3,(H2,20,22,23);1H,(H,2,3). The molecule has 4 N–H and O–H groups in total. The Bertz CT molecular complexity index is 695. The van der Waals surface area contributed by atoms with E-state index < -0.39 is 0 Å². The number of carboxylic acid groups (broad SMARTS) is 1. The van der Waals surface area contributed by atoms with Gasteiger partial charge in [0, 0.05) is 12.6 Å². The Hall–Kier alpha value is -2.15. The summed E-state index contributed by atoms with van der Waals surface area (Å²) in [6.45, 7) is 5.81. The molecule has 0 aromatic carbocycles. The number of nitrogen functional groups attached to an aromatic ring is 1. The van der Waals surface area contributed by atoms with Crippen molar-refractivity contribution in [2.45, 2.75) is 64.7 Å². The smallest absolute Gasteiger partial charge is 0.290 e. The van der Waals surface area contributed by atoms with Crippen molar-refractivity contribution in [3.05, 3.63) is 17.6 Å². The molecule has 3 rings (SSSR count). The van der Waals surface area contributed by atoms with Gasteiger partial charge < -0.3 is 20.7 Å². The molecule has 0 atom stereocenters. The topological polar surface area (TPSA) is 108 Å². The molecule has 1 saturated heterocycles. The minimum atomic E-state index is -0.250. The molecule has 1 fully saturated rings. The van der Waals surface area contributed by atoms with E-state index in [0.29, 0.717) is 5.82 Å². The van der Waals surface area contributed by atoms with Crippen molar-refractivity contribution in [2.24, 2.45) is 0 Å². The van der Waals surface area contributed by atoms with Crippen molar-refractivity contribution in [1.29, 1.82) is 0 Å². The number of carbonyl (C=O) groups is 1. The van der Waals surface area contributed by atoms with E-state index in [9.17, 15) is 0 Å². The van der Waals surface area contributed by atoms with Gasteiger partial charge in [0.1, 0.15) is 11.3 Å². The molecule has 0 saturated carbocycles. The van der Waals surface area contributed by atoms with Crippen LogP contribution in [0.25, 0.3) is 11.0 Å². The lowest BCUT2D eigenvalue weighted by Gasteiger charge is -2.13. The normalized spacial score (nSPS) is 14.3. The fraction of sp³-hybridized carbons (Fsp3) is 0.650. The molecule has 0 bridgehead atoms. The van der Waals surface area contributed by atoms with Crippen molar-refractivity contribution in [1.82, 2.24) is 19.9 Å². The molecular weight excluding hydrogens is 342 g/mol. The van der Waals surface area contributed by atoms with E-state index >= 15 is 0 Å². The fourth-order valence-corrected chi connectivity index (χ4v) is 3.60. The third-order valence-corrected chi connectivity index (χ3v) is 5.05. The number of aryl methyl sites for hydroxylation is 2. The second-order valence-corrected chi connectivity index (χ2v) is 7.13.